The predicted molar refractivity (Wildman–Crippen MR) is 133 cm³/mol. The molecule has 4 fully saturated rings. The Kier molecular flexibility index (Phi) is 7.76. The van der Waals surface area contributed by atoms with E-state index in [9.17, 15) is 0 Å². The van der Waals surface area contributed by atoms with Crippen LogP contribution >= 0.6 is 15.9 Å². The Morgan fingerprint density at radius 3 is 2.00 bits per heavy atom. The first-order valence-electron chi connectivity index (χ1n) is 13.6. The molecule has 174 valence electrons. The number of aliphatic imine (C=N–C) groups is 1. The number of fused-ring (bicyclic) bond motifs is 1. The van der Waals surface area contributed by atoms with Crippen LogP contribution < -0.4 is 0 Å². The van der Waals surface area contributed by atoms with Crippen molar-refractivity contribution in [2.24, 2.45) is 10.9 Å². The molecular weight excluding hydrogens is 448 g/mol. The van der Waals surface area contributed by atoms with Crippen LogP contribution in [0.4, 0.5) is 0 Å². The summed E-state index contributed by atoms with van der Waals surface area (Å²) in [5.74, 6) is 1.62. The SMILES string of the molecule is BrC1CCC2OC(C=CC3CCC(N(C4CCCCC4)C4CCCCC4)CC3)=NC2C1. The smallest absolute Gasteiger partial charge is 0.208 e. The summed E-state index contributed by atoms with van der Waals surface area (Å²) >= 11 is 3.77. The zero-order chi connectivity index (χ0) is 21.0. The van der Waals surface area contributed by atoms with Gasteiger partial charge in [-0.3, -0.25) is 4.90 Å². The van der Waals surface area contributed by atoms with Crippen LogP contribution in [0.5, 0.6) is 0 Å². The highest BCUT2D eigenvalue weighted by Crippen LogP contribution is 2.38. The number of hydrogen-bond donors (Lipinski definition) is 0. The Bertz CT molecular complexity index is 611. The summed E-state index contributed by atoms with van der Waals surface area (Å²) in [6.07, 6.45) is 28.6. The molecular formula is C27H43BrN2O. The van der Waals surface area contributed by atoms with Gasteiger partial charge >= 0.3 is 0 Å². The van der Waals surface area contributed by atoms with Crippen molar-refractivity contribution in [1.29, 1.82) is 0 Å². The Balaban J connectivity index is 1.16. The molecule has 0 aromatic rings. The average Bonchev–Trinajstić information content (AvgIpc) is 3.22. The third-order valence-corrected chi connectivity index (χ3v) is 9.75. The number of rotatable bonds is 5. The monoisotopic (exact) mass is 490 g/mol. The molecule has 5 aliphatic rings. The van der Waals surface area contributed by atoms with E-state index in [1.165, 1.54) is 96.3 Å². The number of nitrogens with zero attached hydrogens (tertiary/aromatic N) is 2. The standard InChI is InChI=1S/C27H43BrN2O/c28-21-14-17-26-25(19-21)29-27(31-26)18-13-20-11-15-24(16-12-20)30(22-7-3-1-4-8-22)23-9-5-2-6-10-23/h13,18,20-26H,1-12,14-17,19H2. The second-order valence-electron chi connectivity index (χ2n) is 11.1. The molecule has 1 aliphatic heterocycles. The van der Waals surface area contributed by atoms with Gasteiger partial charge in [0, 0.05) is 23.0 Å². The lowest BCUT2D eigenvalue weighted by Crippen LogP contribution is -2.51. The van der Waals surface area contributed by atoms with Crippen molar-refractivity contribution < 1.29 is 4.74 Å². The number of halogens is 1. The second kappa shape index (κ2) is 10.7. The summed E-state index contributed by atoms with van der Waals surface area (Å²) in [4.78, 5) is 8.59. The Hall–Kier alpha value is -0.350. The molecule has 3 unspecified atom stereocenters. The summed E-state index contributed by atoms with van der Waals surface area (Å²) in [6, 6.07) is 3.00. The normalized spacial score (nSPS) is 38.3. The fourth-order valence-electron chi connectivity index (χ4n) is 7.24. The second-order valence-corrected chi connectivity index (χ2v) is 12.4. The molecule has 5 rings (SSSR count). The molecule has 0 radical (unpaired) electrons. The van der Waals surface area contributed by atoms with Crippen molar-refractivity contribution in [2.75, 3.05) is 0 Å². The molecule has 0 N–H and O–H groups in total. The molecule has 1 heterocycles. The first-order valence-corrected chi connectivity index (χ1v) is 14.5. The minimum Gasteiger partial charge on any atom is -0.472 e. The molecule has 0 aromatic carbocycles. The van der Waals surface area contributed by atoms with Crippen LogP contribution in [0.1, 0.15) is 109 Å². The molecule has 0 bridgehead atoms. The molecule has 0 saturated heterocycles. The summed E-state index contributed by atoms with van der Waals surface area (Å²) in [5.41, 5.74) is 0. The third-order valence-electron chi connectivity index (χ3n) is 8.92. The maximum Gasteiger partial charge on any atom is 0.208 e. The lowest BCUT2D eigenvalue weighted by molar-refractivity contribution is 0.0182. The number of hydrogen-bond acceptors (Lipinski definition) is 3. The van der Waals surface area contributed by atoms with E-state index in [-0.39, 0.29) is 0 Å². The maximum absolute atomic E-state index is 6.16. The first-order chi connectivity index (χ1) is 15.3. The Morgan fingerprint density at radius 2 is 1.35 bits per heavy atom. The van der Waals surface area contributed by atoms with Crippen LogP contribution in [0.15, 0.2) is 17.1 Å². The minimum absolute atomic E-state index is 0.337. The summed E-state index contributed by atoms with van der Waals surface area (Å²) < 4.78 is 6.16. The van der Waals surface area contributed by atoms with Gasteiger partial charge in [0.15, 0.2) is 0 Å². The van der Waals surface area contributed by atoms with Crippen LogP contribution in [0.2, 0.25) is 0 Å². The van der Waals surface area contributed by atoms with Crippen molar-refractivity contribution >= 4 is 21.8 Å². The van der Waals surface area contributed by atoms with E-state index in [0.29, 0.717) is 22.9 Å². The molecule has 4 aliphatic carbocycles. The Labute approximate surface area is 198 Å². The van der Waals surface area contributed by atoms with Crippen LogP contribution in [0, 0.1) is 5.92 Å². The van der Waals surface area contributed by atoms with Gasteiger partial charge in [-0.2, -0.15) is 0 Å². The van der Waals surface area contributed by atoms with Crippen molar-refractivity contribution in [3.63, 3.8) is 0 Å². The number of ether oxygens (including phenoxy) is 1. The van der Waals surface area contributed by atoms with Crippen molar-refractivity contribution in [1.82, 2.24) is 4.90 Å². The van der Waals surface area contributed by atoms with E-state index in [1.54, 1.807) is 0 Å². The van der Waals surface area contributed by atoms with E-state index in [2.05, 4.69) is 33.0 Å². The fourth-order valence-corrected chi connectivity index (χ4v) is 7.88. The van der Waals surface area contributed by atoms with Gasteiger partial charge in [-0.05, 0) is 82.6 Å². The maximum atomic E-state index is 6.16. The molecule has 4 heteroatoms. The quantitative estimate of drug-likeness (QED) is 0.381. The molecule has 3 atom stereocenters. The van der Waals surface area contributed by atoms with Gasteiger partial charge < -0.3 is 4.74 Å². The van der Waals surface area contributed by atoms with Crippen LogP contribution in [0.3, 0.4) is 0 Å². The van der Waals surface area contributed by atoms with Gasteiger partial charge in [-0.15, -0.1) is 0 Å². The summed E-state index contributed by atoms with van der Waals surface area (Å²) in [7, 11) is 0. The van der Waals surface area contributed by atoms with Crippen molar-refractivity contribution in [2.45, 2.75) is 144 Å². The van der Waals surface area contributed by atoms with E-state index >= 15 is 0 Å². The molecule has 3 nitrogen and oxygen atoms in total. The topological polar surface area (TPSA) is 24.8 Å². The minimum atomic E-state index is 0.337. The van der Waals surface area contributed by atoms with Crippen molar-refractivity contribution in [3.8, 4) is 0 Å². The van der Waals surface area contributed by atoms with E-state index in [0.717, 1.165) is 36.9 Å². The van der Waals surface area contributed by atoms with Gasteiger partial charge in [0.05, 0.1) is 6.04 Å². The number of allylic oxidation sites excluding steroid dienone is 1. The van der Waals surface area contributed by atoms with E-state index in [1.807, 2.05) is 0 Å². The molecule has 4 saturated carbocycles. The predicted octanol–water partition coefficient (Wildman–Crippen LogP) is 7.18. The lowest BCUT2D eigenvalue weighted by atomic mass is 9.81. The largest absolute Gasteiger partial charge is 0.472 e. The molecule has 0 amide bonds. The van der Waals surface area contributed by atoms with E-state index in [4.69, 9.17) is 9.73 Å². The third kappa shape index (κ3) is 5.60. The highest BCUT2D eigenvalue weighted by molar-refractivity contribution is 9.09. The van der Waals surface area contributed by atoms with Gasteiger partial charge in [0.25, 0.3) is 0 Å². The van der Waals surface area contributed by atoms with Crippen LogP contribution in [-0.2, 0) is 4.74 Å². The van der Waals surface area contributed by atoms with Gasteiger partial charge in [-0.1, -0.05) is 60.5 Å². The lowest BCUT2D eigenvalue weighted by Gasteiger charge is -2.48. The Morgan fingerprint density at radius 1 is 0.742 bits per heavy atom. The first kappa shape index (κ1) is 22.4. The van der Waals surface area contributed by atoms with Gasteiger partial charge in [0.2, 0.25) is 5.90 Å². The highest BCUT2D eigenvalue weighted by atomic mass is 79.9. The summed E-state index contributed by atoms with van der Waals surface area (Å²) in [5, 5.41) is 0. The zero-order valence-electron chi connectivity index (χ0n) is 19.4. The number of alkyl halides is 1. The highest BCUT2D eigenvalue weighted by Gasteiger charge is 2.37. The van der Waals surface area contributed by atoms with Crippen molar-refractivity contribution in [3.05, 3.63) is 12.2 Å². The average molecular weight is 492 g/mol. The molecule has 0 spiro atoms. The van der Waals surface area contributed by atoms with Gasteiger partial charge in [0.1, 0.15) is 6.10 Å². The van der Waals surface area contributed by atoms with Gasteiger partial charge in [-0.25, -0.2) is 4.99 Å². The van der Waals surface area contributed by atoms with Crippen LogP contribution in [-0.4, -0.2) is 45.9 Å². The molecule has 0 aromatic heterocycles. The van der Waals surface area contributed by atoms with E-state index < -0.39 is 0 Å². The summed E-state index contributed by atoms with van der Waals surface area (Å²) in [6.45, 7) is 0. The fraction of sp³-hybridized carbons (Fsp3) is 0.889. The molecule has 31 heavy (non-hydrogen) atoms. The van der Waals surface area contributed by atoms with Crippen LogP contribution in [0.25, 0.3) is 0 Å². The zero-order valence-corrected chi connectivity index (χ0v) is 21.0.